The highest BCUT2D eigenvalue weighted by Crippen LogP contribution is 2.24. The second kappa shape index (κ2) is 5.29. The second-order valence-electron chi connectivity index (χ2n) is 3.70. The Morgan fingerprint density at radius 3 is 2.78 bits per heavy atom. The van der Waals surface area contributed by atoms with Gasteiger partial charge in [0.25, 0.3) is 0 Å². The highest BCUT2D eigenvalue weighted by atomic mass is 32.1. The van der Waals surface area contributed by atoms with Crippen molar-refractivity contribution in [3.8, 4) is 5.75 Å². The van der Waals surface area contributed by atoms with Crippen LogP contribution in [0.5, 0.6) is 5.75 Å². The van der Waals surface area contributed by atoms with E-state index in [4.69, 9.17) is 10.5 Å². The number of rotatable bonds is 4. The summed E-state index contributed by atoms with van der Waals surface area (Å²) >= 11 is 1.37. The number of benzene rings is 1. The summed E-state index contributed by atoms with van der Waals surface area (Å²) in [6.07, 6.45) is 0. The van der Waals surface area contributed by atoms with Crippen LogP contribution in [0, 0.1) is 5.82 Å². The normalized spacial score (nSPS) is 12.2. The van der Waals surface area contributed by atoms with E-state index in [0.717, 1.165) is 4.88 Å². The number of nitrogens with two attached hydrogens (primary N) is 1. The third kappa shape index (κ3) is 2.42. The zero-order valence-corrected chi connectivity index (χ0v) is 10.5. The number of ketones is 1. The number of carbonyl (C=O) groups is 1. The Balaban J connectivity index is 2.29. The number of thiophene rings is 1. The lowest BCUT2D eigenvalue weighted by Crippen LogP contribution is -2.21. The van der Waals surface area contributed by atoms with Crippen molar-refractivity contribution in [2.24, 2.45) is 5.73 Å². The molecule has 0 bridgehead atoms. The van der Waals surface area contributed by atoms with Crippen LogP contribution in [0.4, 0.5) is 4.39 Å². The van der Waals surface area contributed by atoms with E-state index in [-0.39, 0.29) is 5.56 Å². The van der Waals surface area contributed by atoms with Gasteiger partial charge in [-0.2, -0.15) is 0 Å². The molecule has 1 unspecified atom stereocenters. The average Bonchev–Trinajstić information content (AvgIpc) is 2.90. The molecule has 0 spiro atoms. The van der Waals surface area contributed by atoms with Crippen LogP contribution >= 0.6 is 11.3 Å². The van der Waals surface area contributed by atoms with E-state index in [0.29, 0.717) is 5.75 Å². The Morgan fingerprint density at radius 2 is 2.22 bits per heavy atom. The Hall–Kier alpha value is -1.72. The van der Waals surface area contributed by atoms with E-state index in [2.05, 4.69) is 0 Å². The second-order valence-corrected chi connectivity index (χ2v) is 4.68. The molecule has 0 aliphatic rings. The fourth-order valence-electron chi connectivity index (χ4n) is 1.59. The van der Waals surface area contributed by atoms with Crippen molar-refractivity contribution in [1.82, 2.24) is 0 Å². The van der Waals surface area contributed by atoms with Gasteiger partial charge >= 0.3 is 0 Å². The van der Waals surface area contributed by atoms with Gasteiger partial charge in [-0.25, -0.2) is 4.39 Å². The molecule has 5 heteroatoms. The highest BCUT2D eigenvalue weighted by molar-refractivity contribution is 7.10. The molecule has 0 saturated heterocycles. The lowest BCUT2D eigenvalue weighted by Gasteiger charge is -2.10. The number of hydrogen-bond donors (Lipinski definition) is 1. The Kier molecular flexibility index (Phi) is 3.74. The van der Waals surface area contributed by atoms with Crippen LogP contribution in [0.3, 0.4) is 0 Å². The third-order valence-electron chi connectivity index (χ3n) is 2.57. The van der Waals surface area contributed by atoms with Crippen LogP contribution < -0.4 is 10.5 Å². The van der Waals surface area contributed by atoms with Gasteiger partial charge in [-0.3, -0.25) is 4.79 Å². The van der Waals surface area contributed by atoms with Crippen molar-refractivity contribution >= 4 is 17.1 Å². The molecule has 1 aromatic carbocycles. The molecule has 3 nitrogen and oxygen atoms in total. The summed E-state index contributed by atoms with van der Waals surface area (Å²) in [6, 6.07) is 6.84. The molecule has 0 aliphatic carbocycles. The van der Waals surface area contributed by atoms with Crippen LogP contribution in [0.15, 0.2) is 35.7 Å². The van der Waals surface area contributed by atoms with Gasteiger partial charge in [0.05, 0.1) is 12.7 Å². The fourth-order valence-corrected chi connectivity index (χ4v) is 2.31. The SMILES string of the molecule is COc1ccc(C(=O)C(N)c2cccs2)c(F)c1. The summed E-state index contributed by atoms with van der Waals surface area (Å²) in [5.41, 5.74) is 5.80. The van der Waals surface area contributed by atoms with Crippen LogP contribution in [0.1, 0.15) is 21.3 Å². The molecule has 2 rings (SSSR count). The molecule has 0 aliphatic heterocycles. The van der Waals surface area contributed by atoms with Crippen molar-refractivity contribution < 1.29 is 13.9 Å². The van der Waals surface area contributed by atoms with Gasteiger partial charge in [-0.1, -0.05) is 6.07 Å². The lowest BCUT2D eigenvalue weighted by atomic mass is 10.0. The quantitative estimate of drug-likeness (QED) is 0.865. The number of Topliss-reactive ketones (excluding diaryl/α,β-unsaturated/α-hetero) is 1. The number of halogens is 1. The Labute approximate surface area is 108 Å². The van der Waals surface area contributed by atoms with E-state index < -0.39 is 17.6 Å². The van der Waals surface area contributed by atoms with Gasteiger partial charge < -0.3 is 10.5 Å². The molecular weight excluding hydrogens is 253 g/mol. The van der Waals surface area contributed by atoms with Crippen LogP contribution in [0.25, 0.3) is 0 Å². The Morgan fingerprint density at radius 1 is 1.44 bits per heavy atom. The van der Waals surface area contributed by atoms with Gasteiger partial charge in [0.1, 0.15) is 17.6 Å². The summed E-state index contributed by atoms with van der Waals surface area (Å²) in [6.45, 7) is 0. The number of methoxy groups -OCH3 is 1. The molecule has 0 fully saturated rings. The topological polar surface area (TPSA) is 52.3 Å². The third-order valence-corrected chi connectivity index (χ3v) is 3.53. The lowest BCUT2D eigenvalue weighted by molar-refractivity contribution is 0.0958. The molecule has 0 radical (unpaired) electrons. The minimum atomic E-state index is -0.826. The molecule has 0 amide bonds. The van der Waals surface area contributed by atoms with E-state index in [1.807, 2.05) is 5.38 Å². The number of carbonyl (C=O) groups excluding carboxylic acids is 1. The maximum absolute atomic E-state index is 13.7. The Bertz CT molecular complexity index is 554. The van der Waals surface area contributed by atoms with Crippen molar-refractivity contribution in [2.75, 3.05) is 7.11 Å². The largest absolute Gasteiger partial charge is 0.497 e. The fraction of sp³-hybridized carbons (Fsp3) is 0.154. The van der Waals surface area contributed by atoms with Crippen LogP contribution in [-0.4, -0.2) is 12.9 Å². The van der Waals surface area contributed by atoms with Gasteiger partial charge in [0, 0.05) is 10.9 Å². The van der Waals surface area contributed by atoms with Crippen molar-refractivity contribution in [3.05, 3.63) is 52.0 Å². The maximum atomic E-state index is 13.7. The van der Waals surface area contributed by atoms with Crippen LogP contribution in [-0.2, 0) is 0 Å². The molecule has 94 valence electrons. The first-order chi connectivity index (χ1) is 8.63. The predicted molar refractivity (Wildman–Crippen MR) is 68.5 cm³/mol. The summed E-state index contributed by atoms with van der Waals surface area (Å²) in [7, 11) is 1.44. The van der Waals surface area contributed by atoms with E-state index >= 15 is 0 Å². The first-order valence-electron chi connectivity index (χ1n) is 5.30. The zero-order chi connectivity index (χ0) is 13.1. The molecular formula is C13H12FNO2S. The minimum absolute atomic E-state index is 0.0169. The maximum Gasteiger partial charge on any atom is 0.187 e. The smallest absolute Gasteiger partial charge is 0.187 e. The first kappa shape index (κ1) is 12.7. The van der Waals surface area contributed by atoms with E-state index in [1.54, 1.807) is 12.1 Å². The molecule has 1 aromatic heterocycles. The minimum Gasteiger partial charge on any atom is -0.497 e. The molecule has 1 heterocycles. The van der Waals surface area contributed by atoms with E-state index in [9.17, 15) is 9.18 Å². The van der Waals surface area contributed by atoms with Gasteiger partial charge in [0.2, 0.25) is 0 Å². The first-order valence-corrected chi connectivity index (χ1v) is 6.18. The van der Waals surface area contributed by atoms with Gasteiger partial charge in [0.15, 0.2) is 5.78 Å². The number of hydrogen-bond acceptors (Lipinski definition) is 4. The standard InChI is InChI=1S/C13H12FNO2S/c1-17-8-4-5-9(10(14)7-8)13(16)12(15)11-3-2-6-18-11/h2-7,12H,15H2,1H3. The highest BCUT2D eigenvalue weighted by Gasteiger charge is 2.21. The molecule has 1 atom stereocenters. The molecule has 2 aromatic rings. The van der Waals surface area contributed by atoms with Crippen molar-refractivity contribution in [1.29, 1.82) is 0 Å². The summed E-state index contributed by atoms with van der Waals surface area (Å²) in [4.78, 5) is 12.8. The van der Waals surface area contributed by atoms with Crippen molar-refractivity contribution in [2.45, 2.75) is 6.04 Å². The molecule has 0 saturated carbocycles. The zero-order valence-electron chi connectivity index (χ0n) is 9.72. The monoisotopic (exact) mass is 265 g/mol. The molecule has 18 heavy (non-hydrogen) atoms. The number of ether oxygens (including phenoxy) is 1. The summed E-state index contributed by atoms with van der Waals surface area (Å²) < 4.78 is 18.6. The summed E-state index contributed by atoms with van der Waals surface area (Å²) in [5.74, 6) is -0.683. The van der Waals surface area contributed by atoms with Crippen LogP contribution in [0.2, 0.25) is 0 Å². The van der Waals surface area contributed by atoms with Gasteiger partial charge in [-0.05, 0) is 23.6 Å². The van der Waals surface area contributed by atoms with Crippen molar-refractivity contribution in [3.63, 3.8) is 0 Å². The predicted octanol–water partition coefficient (Wildman–Crippen LogP) is 2.78. The van der Waals surface area contributed by atoms with Gasteiger partial charge in [-0.15, -0.1) is 11.3 Å². The molecule has 2 N–H and O–H groups in total. The average molecular weight is 265 g/mol. The van der Waals surface area contributed by atoms with E-state index in [1.165, 1.54) is 36.6 Å². The summed E-state index contributed by atoms with van der Waals surface area (Å²) in [5, 5.41) is 1.83.